The third-order valence-electron chi connectivity index (χ3n) is 5.99. The number of benzene rings is 2. The van der Waals surface area contributed by atoms with Crippen molar-refractivity contribution in [3.63, 3.8) is 0 Å². The Morgan fingerprint density at radius 3 is 2.81 bits per heavy atom. The standard InChI is InChI=1S/C27H29FN6O2/c1-27(2,3)32-26(35)17-6-8-21(28)19(12-17)16-7-9-22-20(11-16)25(34-33-22)23-14-30-15-24(31-23)36-18-5-4-10-29-13-18/h6-9,11-12,14-15,18,29H,4-5,10,13H2,1-3H3,(H,32,35)(H,33,34)/t18-/m1/s1. The molecule has 0 unspecified atom stereocenters. The molecule has 2 aromatic carbocycles. The molecule has 1 fully saturated rings. The van der Waals surface area contributed by atoms with Gasteiger partial charge in [0.15, 0.2) is 0 Å². The number of aromatic amines is 1. The van der Waals surface area contributed by atoms with Gasteiger partial charge in [0.2, 0.25) is 5.88 Å². The van der Waals surface area contributed by atoms with E-state index < -0.39 is 11.4 Å². The predicted octanol–water partition coefficient (Wildman–Crippen LogP) is 4.49. The van der Waals surface area contributed by atoms with E-state index in [9.17, 15) is 9.18 Å². The van der Waals surface area contributed by atoms with Crippen molar-refractivity contribution < 1.29 is 13.9 Å². The van der Waals surface area contributed by atoms with Gasteiger partial charge in [0, 0.05) is 28.6 Å². The molecule has 0 bridgehead atoms. The van der Waals surface area contributed by atoms with Gasteiger partial charge >= 0.3 is 0 Å². The lowest BCUT2D eigenvalue weighted by Crippen LogP contribution is -2.40. The van der Waals surface area contributed by atoms with Crippen molar-refractivity contribution in [3.05, 3.63) is 60.2 Å². The topological polar surface area (TPSA) is 105 Å². The van der Waals surface area contributed by atoms with Crippen molar-refractivity contribution >= 4 is 16.8 Å². The van der Waals surface area contributed by atoms with Crippen LogP contribution in [-0.4, -0.2) is 50.8 Å². The molecule has 1 saturated heterocycles. The number of ether oxygens (including phenoxy) is 1. The molecule has 3 N–H and O–H groups in total. The number of hydrogen-bond acceptors (Lipinski definition) is 6. The van der Waals surface area contributed by atoms with Crippen LogP contribution in [-0.2, 0) is 0 Å². The summed E-state index contributed by atoms with van der Waals surface area (Å²) < 4.78 is 20.9. The quantitative estimate of drug-likeness (QED) is 0.383. The van der Waals surface area contributed by atoms with E-state index in [2.05, 4.69) is 30.8 Å². The third kappa shape index (κ3) is 5.21. The van der Waals surface area contributed by atoms with Crippen LogP contribution in [0.2, 0.25) is 0 Å². The fourth-order valence-electron chi connectivity index (χ4n) is 4.29. The first kappa shape index (κ1) is 23.9. The number of aromatic nitrogens is 4. The monoisotopic (exact) mass is 488 g/mol. The van der Waals surface area contributed by atoms with Crippen LogP contribution in [0, 0.1) is 5.82 Å². The van der Waals surface area contributed by atoms with E-state index >= 15 is 0 Å². The maximum absolute atomic E-state index is 14.9. The predicted molar refractivity (Wildman–Crippen MR) is 136 cm³/mol. The molecule has 2 aromatic heterocycles. The molecule has 0 spiro atoms. The summed E-state index contributed by atoms with van der Waals surface area (Å²) in [5, 5.41) is 14.5. The number of carbonyl (C=O) groups excluding carboxylic acids is 1. The van der Waals surface area contributed by atoms with Gasteiger partial charge in [0.1, 0.15) is 23.3 Å². The lowest BCUT2D eigenvalue weighted by molar-refractivity contribution is 0.0919. The van der Waals surface area contributed by atoms with E-state index in [-0.39, 0.29) is 12.0 Å². The number of piperidine rings is 1. The van der Waals surface area contributed by atoms with E-state index in [0.29, 0.717) is 34.0 Å². The molecule has 1 amide bonds. The van der Waals surface area contributed by atoms with E-state index in [1.54, 1.807) is 24.5 Å². The third-order valence-corrected chi connectivity index (χ3v) is 5.99. The summed E-state index contributed by atoms with van der Waals surface area (Å²) in [6.07, 6.45) is 5.30. The zero-order valence-corrected chi connectivity index (χ0v) is 20.6. The highest BCUT2D eigenvalue weighted by molar-refractivity contribution is 5.97. The summed E-state index contributed by atoms with van der Waals surface area (Å²) in [5.74, 6) is -0.228. The molecule has 9 heteroatoms. The van der Waals surface area contributed by atoms with Gasteiger partial charge in [-0.25, -0.2) is 9.37 Å². The van der Waals surface area contributed by atoms with Crippen LogP contribution in [0.5, 0.6) is 5.88 Å². The smallest absolute Gasteiger partial charge is 0.251 e. The molecule has 186 valence electrons. The first-order valence-corrected chi connectivity index (χ1v) is 12.1. The first-order valence-electron chi connectivity index (χ1n) is 12.1. The van der Waals surface area contributed by atoms with Gasteiger partial charge in [-0.15, -0.1) is 0 Å². The Hall–Kier alpha value is -3.85. The molecule has 5 rings (SSSR count). The van der Waals surface area contributed by atoms with Crippen LogP contribution in [0.4, 0.5) is 4.39 Å². The van der Waals surface area contributed by atoms with Crippen LogP contribution in [0.1, 0.15) is 44.0 Å². The fraction of sp³-hybridized carbons (Fsp3) is 0.333. The van der Waals surface area contributed by atoms with Crippen molar-refractivity contribution in [3.8, 4) is 28.4 Å². The average Bonchev–Trinajstić information content (AvgIpc) is 3.27. The molecular formula is C27H29FN6O2. The highest BCUT2D eigenvalue weighted by atomic mass is 19.1. The summed E-state index contributed by atoms with van der Waals surface area (Å²) in [5.41, 5.74) is 2.87. The second-order valence-electron chi connectivity index (χ2n) is 10.1. The Balaban J connectivity index is 1.48. The van der Waals surface area contributed by atoms with Crippen LogP contribution >= 0.6 is 0 Å². The minimum absolute atomic E-state index is 0.0524. The van der Waals surface area contributed by atoms with Gasteiger partial charge in [0.25, 0.3) is 5.91 Å². The summed E-state index contributed by atoms with van der Waals surface area (Å²) in [6.45, 7) is 7.48. The zero-order chi connectivity index (χ0) is 25.3. The van der Waals surface area contributed by atoms with Crippen molar-refractivity contribution in [2.24, 2.45) is 0 Å². The molecule has 3 heterocycles. The molecule has 1 atom stereocenters. The lowest BCUT2D eigenvalue weighted by Gasteiger charge is -2.23. The van der Waals surface area contributed by atoms with Crippen LogP contribution in [0.15, 0.2) is 48.8 Å². The van der Waals surface area contributed by atoms with Gasteiger partial charge in [-0.1, -0.05) is 6.07 Å². The first-order chi connectivity index (χ1) is 17.3. The minimum Gasteiger partial charge on any atom is -0.472 e. The highest BCUT2D eigenvalue weighted by Gasteiger charge is 2.19. The van der Waals surface area contributed by atoms with Crippen LogP contribution in [0.3, 0.4) is 0 Å². The number of halogens is 1. The Morgan fingerprint density at radius 2 is 2.03 bits per heavy atom. The van der Waals surface area contributed by atoms with Crippen molar-refractivity contribution in [1.82, 2.24) is 30.8 Å². The molecule has 4 aromatic rings. The number of nitrogens with one attached hydrogen (secondary N) is 3. The number of amides is 1. The maximum atomic E-state index is 14.9. The summed E-state index contributed by atoms with van der Waals surface area (Å²) in [7, 11) is 0. The molecule has 0 saturated carbocycles. The fourth-order valence-corrected chi connectivity index (χ4v) is 4.29. The number of rotatable bonds is 5. The molecule has 0 aliphatic carbocycles. The molecular weight excluding hydrogens is 459 g/mol. The van der Waals surface area contributed by atoms with Crippen LogP contribution < -0.4 is 15.4 Å². The zero-order valence-electron chi connectivity index (χ0n) is 20.6. The number of fused-ring (bicyclic) bond motifs is 1. The Bertz CT molecular complexity index is 1410. The maximum Gasteiger partial charge on any atom is 0.251 e. The molecule has 1 aliphatic rings. The second kappa shape index (κ2) is 9.66. The van der Waals surface area contributed by atoms with E-state index in [0.717, 1.165) is 36.8 Å². The Kier molecular flexibility index (Phi) is 6.40. The van der Waals surface area contributed by atoms with Crippen molar-refractivity contribution in [2.75, 3.05) is 13.1 Å². The number of H-pyrrole nitrogens is 1. The normalized spacial score (nSPS) is 16.2. The summed E-state index contributed by atoms with van der Waals surface area (Å²) in [6, 6.07) is 9.87. The molecule has 0 radical (unpaired) electrons. The number of nitrogens with zero attached hydrogens (tertiary/aromatic N) is 3. The van der Waals surface area contributed by atoms with Gasteiger partial charge < -0.3 is 15.4 Å². The minimum atomic E-state index is -0.414. The van der Waals surface area contributed by atoms with Gasteiger partial charge in [-0.3, -0.25) is 14.9 Å². The SMILES string of the molecule is CC(C)(C)NC(=O)c1ccc(F)c(-c2ccc3[nH]nc(-c4cncc(O[C@@H]5CCCNC5)n4)c3c2)c1. The largest absolute Gasteiger partial charge is 0.472 e. The summed E-state index contributed by atoms with van der Waals surface area (Å²) in [4.78, 5) is 21.6. The lowest BCUT2D eigenvalue weighted by atomic mass is 9.99. The van der Waals surface area contributed by atoms with Crippen LogP contribution in [0.25, 0.3) is 33.4 Å². The van der Waals surface area contributed by atoms with E-state index in [4.69, 9.17) is 4.74 Å². The number of hydrogen-bond donors (Lipinski definition) is 3. The number of carbonyl (C=O) groups is 1. The molecule has 36 heavy (non-hydrogen) atoms. The van der Waals surface area contributed by atoms with Crippen molar-refractivity contribution in [2.45, 2.75) is 45.3 Å². The summed E-state index contributed by atoms with van der Waals surface area (Å²) >= 11 is 0. The van der Waals surface area contributed by atoms with Gasteiger partial charge in [-0.2, -0.15) is 5.10 Å². The Labute approximate surface area is 208 Å². The van der Waals surface area contributed by atoms with E-state index in [1.807, 2.05) is 32.9 Å². The average molecular weight is 489 g/mol. The van der Waals surface area contributed by atoms with Gasteiger partial charge in [0.05, 0.1) is 17.9 Å². The Morgan fingerprint density at radius 1 is 1.17 bits per heavy atom. The molecule has 8 nitrogen and oxygen atoms in total. The second-order valence-corrected chi connectivity index (χ2v) is 10.1. The van der Waals surface area contributed by atoms with E-state index in [1.165, 1.54) is 12.1 Å². The highest BCUT2D eigenvalue weighted by Crippen LogP contribution is 2.32. The van der Waals surface area contributed by atoms with Crippen molar-refractivity contribution in [1.29, 1.82) is 0 Å². The van der Waals surface area contributed by atoms with Gasteiger partial charge in [-0.05, 0) is 76.1 Å². The molecule has 1 aliphatic heterocycles.